The zero-order valence-corrected chi connectivity index (χ0v) is 13.3. The minimum absolute atomic E-state index is 0.0818. The fourth-order valence-electron chi connectivity index (χ4n) is 3.08. The number of ether oxygens (including phenoxy) is 2. The van der Waals surface area contributed by atoms with Crippen molar-refractivity contribution < 1.29 is 14.3 Å². The highest BCUT2D eigenvalue weighted by molar-refractivity contribution is 5.74. The number of carbonyl (C=O) groups is 1. The lowest BCUT2D eigenvalue weighted by molar-refractivity contribution is -0.0883. The van der Waals surface area contributed by atoms with Gasteiger partial charge in [-0.2, -0.15) is 0 Å². The van der Waals surface area contributed by atoms with E-state index in [2.05, 4.69) is 17.1 Å². The lowest BCUT2D eigenvalue weighted by Gasteiger charge is -2.43. The summed E-state index contributed by atoms with van der Waals surface area (Å²) in [5.74, 6) is 0. The molecular weight excluding hydrogens is 270 g/mol. The number of urea groups is 1. The predicted octanol–water partition coefficient (Wildman–Crippen LogP) is 0.918. The van der Waals surface area contributed by atoms with Gasteiger partial charge in [-0.05, 0) is 12.8 Å². The molecule has 0 aliphatic carbocycles. The second-order valence-corrected chi connectivity index (χ2v) is 5.81. The van der Waals surface area contributed by atoms with Crippen molar-refractivity contribution in [1.29, 1.82) is 0 Å². The number of rotatable bonds is 5. The molecule has 0 spiro atoms. The summed E-state index contributed by atoms with van der Waals surface area (Å²) in [5.41, 5.74) is 0. The van der Waals surface area contributed by atoms with Crippen LogP contribution in [0.25, 0.3) is 0 Å². The monoisotopic (exact) mass is 299 g/mol. The van der Waals surface area contributed by atoms with Crippen LogP contribution in [0.5, 0.6) is 0 Å². The first-order valence-electron chi connectivity index (χ1n) is 8.13. The van der Waals surface area contributed by atoms with E-state index in [1.165, 1.54) is 0 Å². The summed E-state index contributed by atoms with van der Waals surface area (Å²) >= 11 is 0. The van der Waals surface area contributed by atoms with Crippen LogP contribution in [-0.4, -0.2) is 81.0 Å². The molecule has 1 N–H and O–H groups in total. The summed E-state index contributed by atoms with van der Waals surface area (Å²) in [4.78, 5) is 16.4. The lowest BCUT2D eigenvalue weighted by Crippen LogP contribution is -2.58. The van der Waals surface area contributed by atoms with Crippen molar-refractivity contribution in [2.45, 2.75) is 38.3 Å². The van der Waals surface area contributed by atoms with Crippen LogP contribution < -0.4 is 5.32 Å². The number of piperazine rings is 1. The minimum atomic E-state index is 0.0818. The van der Waals surface area contributed by atoms with E-state index in [1.54, 1.807) is 7.11 Å². The summed E-state index contributed by atoms with van der Waals surface area (Å²) < 4.78 is 11.0. The third-order valence-corrected chi connectivity index (χ3v) is 4.45. The zero-order chi connectivity index (χ0) is 15.1. The van der Waals surface area contributed by atoms with Crippen molar-refractivity contribution in [1.82, 2.24) is 15.1 Å². The smallest absolute Gasteiger partial charge is 0.317 e. The third kappa shape index (κ3) is 4.56. The Hall–Kier alpha value is -0.850. The van der Waals surface area contributed by atoms with Gasteiger partial charge >= 0.3 is 6.03 Å². The van der Waals surface area contributed by atoms with Gasteiger partial charge in [0.1, 0.15) is 0 Å². The first kappa shape index (κ1) is 16.5. The zero-order valence-electron chi connectivity index (χ0n) is 13.3. The van der Waals surface area contributed by atoms with Crippen molar-refractivity contribution >= 4 is 6.03 Å². The van der Waals surface area contributed by atoms with Gasteiger partial charge in [-0.1, -0.05) is 13.3 Å². The molecular formula is C15H29N3O3. The van der Waals surface area contributed by atoms with Crippen molar-refractivity contribution in [3.8, 4) is 0 Å². The van der Waals surface area contributed by atoms with E-state index in [0.717, 1.165) is 58.6 Å². The first-order valence-corrected chi connectivity index (χ1v) is 8.13. The molecule has 2 fully saturated rings. The second-order valence-electron chi connectivity index (χ2n) is 5.81. The van der Waals surface area contributed by atoms with Gasteiger partial charge in [-0.3, -0.25) is 4.90 Å². The fraction of sp³-hybridized carbons (Fsp3) is 0.933. The van der Waals surface area contributed by atoms with Gasteiger partial charge in [0.2, 0.25) is 0 Å². The van der Waals surface area contributed by atoms with Crippen LogP contribution >= 0.6 is 0 Å². The van der Waals surface area contributed by atoms with Crippen LogP contribution in [0.2, 0.25) is 0 Å². The molecule has 2 aliphatic rings. The Labute approximate surface area is 127 Å². The van der Waals surface area contributed by atoms with E-state index >= 15 is 0 Å². The molecule has 2 aliphatic heterocycles. The Kier molecular flexibility index (Phi) is 6.73. The van der Waals surface area contributed by atoms with Gasteiger partial charge in [0, 0.05) is 52.5 Å². The molecule has 2 rings (SSSR count). The largest absolute Gasteiger partial charge is 0.379 e. The Bertz CT molecular complexity index is 319. The van der Waals surface area contributed by atoms with Gasteiger partial charge in [0.15, 0.2) is 0 Å². The van der Waals surface area contributed by atoms with Crippen LogP contribution in [0.3, 0.4) is 0 Å². The predicted molar refractivity (Wildman–Crippen MR) is 81.5 cm³/mol. The molecule has 0 aromatic heterocycles. The molecule has 2 atom stereocenters. The molecule has 2 unspecified atom stereocenters. The molecule has 0 aromatic rings. The minimum Gasteiger partial charge on any atom is -0.379 e. The molecule has 0 bridgehead atoms. The van der Waals surface area contributed by atoms with E-state index < -0.39 is 0 Å². The highest BCUT2D eigenvalue weighted by Crippen LogP contribution is 2.19. The maximum Gasteiger partial charge on any atom is 0.317 e. The van der Waals surface area contributed by atoms with E-state index in [1.807, 2.05) is 4.90 Å². The summed E-state index contributed by atoms with van der Waals surface area (Å²) in [6, 6.07) is 0.507. The molecule has 0 radical (unpaired) electrons. The Morgan fingerprint density at radius 3 is 2.76 bits per heavy atom. The maximum atomic E-state index is 12.0. The normalized spacial score (nSPS) is 27.6. The molecule has 2 saturated heterocycles. The molecule has 2 amide bonds. The molecule has 0 saturated carbocycles. The second kappa shape index (κ2) is 8.56. The molecule has 21 heavy (non-hydrogen) atoms. The number of nitrogens with zero attached hydrogens (tertiary/aromatic N) is 2. The Morgan fingerprint density at radius 1 is 1.33 bits per heavy atom. The van der Waals surface area contributed by atoms with Crippen molar-refractivity contribution in [2.24, 2.45) is 0 Å². The van der Waals surface area contributed by atoms with Crippen LogP contribution in [0.15, 0.2) is 0 Å². The standard InChI is InChI=1S/C15H29N3O3/c1-3-4-6-16-15(19)18-9-7-17(8-10-18)13-5-11-21-12-14(13)20-2/h13-14H,3-12H2,1-2H3,(H,16,19). The number of hydrogen-bond acceptors (Lipinski definition) is 4. The summed E-state index contributed by atoms with van der Waals surface area (Å²) in [6.07, 6.45) is 3.32. The van der Waals surface area contributed by atoms with E-state index in [0.29, 0.717) is 12.6 Å². The SMILES string of the molecule is CCCCNC(=O)N1CCN(C2CCOCC2OC)CC1. The number of hydrogen-bond donors (Lipinski definition) is 1. The van der Waals surface area contributed by atoms with Gasteiger partial charge in [-0.15, -0.1) is 0 Å². The fourth-order valence-corrected chi connectivity index (χ4v) is 3.08. The number of amides is 2. The van der Waals surface area contributed by atoms with Crippen LogP contribution in [0.1, 0.15) is 26.2 Å². The van der Waals surface area contributed by atoms with Gasteiger partial charge < -0.3 is 19.7 Å². The molecule has 122 valence electrons. The molecule has 6 nitrogen and oxygen atoms in total. The van der Waals surface area contributed by atoms with Gasteiger partial charge in [0.25, 0.3) is 0 Å². The number of methoxy groups -OCH3 is 1. The average molecular weight is 299 g/mol. The molecule has 0 aromatic carbocycles. The van der Waals surface area contributed by atoms with E-state index in [4.69, 9.17) is 9.47 Å². The lowest BCUT2D eigenvalue weighted by atomic mass is 10.0. The van der Waals surface area contributed by atoms with Crippen LogP contribution in [-0.2, 0) is 9.47 Å². The summed E-state index contributed by atoms with van der Waals surface area (Å²) in [5, 5.41) is 2.99. The summed E-state index contributed by atoms with van der Waals surface area (Å²) in [6.45, 7) is 7.84. The highest BCUT2D eigenvalue weighted by Gasteiger charge is 2.33. The average Bonchev–Trinajstić information content (AvgIpc) is 2.55. The van der Waals surface area contributed by atoms with Gasteiger partial charge in [-0.25, -0.2) is 4.79 Å². The highest BCUT2D eigenvalue weighted by atomic mass is 16.5. The van der Waals surface area contributed by atoms with Crippen molar-refractivity contribution in [3.05, 3.63) is 0 Å². The topological polar surface area (TPSA) is 54.0 Å². The van der Waals surface area contributed by atoms with E-state index in [-0.39, 0.29) is 12.1 Å². The van der Waals surface area contributed by atoms with Crippen LogP contribution in [0.4, 0.5) is 4.79 Å². The number of nitrogens with one attached hydrogen (secondary N) is 1. The number of unbranched alkanes of at least 4 members (excludes halogenated alkanes) is 1. The Morgan fingerprint density at radius 2 is 2.10 bits per heavy atom. The first-order chi connectivity index (χ1) is 10.3. The molecule has 6 heteroatoms. The van der Waals surface area contributed by atoms with Crippen LogP contribution in [0, 0.1) is 0 Å². The summed E-state index contributed by atoms with van der Waals surface area (Å²) in [7, 11) is 1.75. The van der Waals surface area contributed by atoms with Crippen molar-refractivity contribution in [2.75, 3.05) is 53.0 Å². The molecule has 2 heterocycles. The Balaban J connectivity index is 1.75. The van der Waals surface area contributed by atoms with Crippen molar-refractivity contribution in [3.63, 3.8) is 0 Å². The van der Waals surface area contributed by atoms with E-state index in [9.17, 15) is 4.79 Å². The number of carbonyl (C=O) groups excluding carboxylic acids is 1. The third-order valence-electron chi connectivity index (χ3n) is 4.45. The maximum absolute atomic E-state index is 12.0. The quantitative estimate of drug-likeness (QED) is 0.767. The van der Waals surface area contributed by atoms with Gasteiger partial charge in [0.05, 0.1) is 12.7 Å².